The SMILES string of the molecule is Cn1cnnc1[C@]1(c2cc(Cl)nc(NCCC#N)c2)C[C@H](C)C1. The Kier molecular flexibility index (Phi) is 4.22. The zero-order valence-electron chi connectivity index (χ0n) is 13.3. The molecule has 0 radical (unpaired) electrons. The molecule has 1 N–H and O–H groups in total. The number of rotatable bonds is 5. The quantitative estimate of drug-likeness (QED) is 0.673. The number of nitrogens with zero attached hydrogens (tertiary/aromatic N) is 5. The number of pyridine rings is 1. The zero-order chi connectivity index (χ0) is 16.4. The van der Waals surface area contributed by atoms with Crippen molar-refractivity contribution >= 4 is 17.4 Å². The maximum Gasteiger partial charge on any atom is 0.143 e. The van der Waals surface area contributed by atoms with E-state index in [9.17, 15) is 0 Å². The predicted molar refractivity (Wildman–Crippen MR) is 88.1 cm³/mol. The summed E-state index contributed by atoms with van der Waals surface area (Å²) in [6, 6.07) is 6.04. The molecule has 0 spiro atoms. The second-order valence-electron chi connectivity index (χ2n) is 6.26. The first kappa shape index (κ1) is 15.8. The first-order chi connectivity index (χ1) is 11.0. The van der Waals surface area contributed by atoms with Crippen molar-refractivity contribution in [1.29, 1.82) is 5.26 Å². The molecular formula is C16H19ClN6. The van der Waals surface area contributed by atoms with Crippen LogP contribution in [0.1, 0.15) is 37.6 Å². The lowest BCUT2D eigenvalue weighted by Gasteiger charge is -2.46. The normalized spacial score (nSPS) is 23.1. The number of nitriles is 1. The van der Waals surface area contributed by atoms with Gasteiger partial charge < -0.3 is 9.88 Å². The van der Waals surface area contributed by atoms with Gasteiger partial charge in [0, 0.05) is 13.6 Å². The Morgan fingerprint density at radius 1 is 1.48 bits per heavy atom. The summed E-state index contributed by atoms with van der Waals surface area (Å²) in [4.78, 5) is 4.30. The summed E-state index contributed by atoms with van der Waals surface area (Å²) in [7, 11) is 1.97. The third-order valence-corrected chi connectivity index (χ3v) is 4.62. The first-order valence-electron chi connectivity index (χ1n) is 7.68. The number of hydrogen-bond donors (Lipinski definition) is 1. The third kappa shape index (κ3) is 2.89. The maximum absolute atomic E-state index is 8.66. The van der Waals surface area contributed by atoms with Crippen LogP contribution in [0.15, 0.2) is 18.5 Å². The van der Waals surface area contributed by atoms with E-state index in [2.05, 4.69) is 33.5 Å². The molecule has 3 rings (SSSR count). The van der Waals surface area contributed by atoms with Gasteiger partial charge in [0.25, 0.3) is 0 Å². The molecule has 6 nitrogen and oxygen atoms in total. The second-order valence-corrected chi connectivity index (χ2v) is 6.65. The lowest BCUT2D eigenvalue weighted by atomic mass is 9.58. The molecule has 0 aromatic carbocycles. The highest BCUT2D eigenvalue weighted by Gasteiger charge is 2.48. The van der Waals surface area contributed by atoms with Crippen LogP contribution >= 0.6 is 11.6 Å². The molecule has 0 aliphatic heterocycles. The first-order valence-corrected chi connectivity index (χ1v) is 8.06. The minimum atomic E-state index is -0.164. The van der Waals surface area contributed by atoms with E-state index in [0.29, 0.717) is 29.9 Å². The van der Waals surface area contributed by atoms with Crippen LogP contribution in [-0.4, -0.2) is 26.3 Å². The van der Waals surface area contributed by atoms with Crippen molar-refractivity contribution in [2.24, 2.45) is 13.0 Å². The van der Waals surface area contributed by atoms with Crippen LogP contribution in [0.5, 0.6) is 0 Å². The monoisotopic (exact) mass is 330 g/mol. The predicted octanol–water partition coefficient (Wildman–Crippen LogP) is 2.91. The minimum Gasteiger partial charge on any atom is -0.369 e. The Morgan fingerprint density at radius 2 is 2.26 bits per heavy atom. The summed E-state index contributed by atoms with van der Waals surface area (Å²) < 4.78 is 1.98. The Labute approximate surface area is 140 Å². The molecule has 0 amide bonds. The summed E-state index contributed by atoms with van der Waals surface area (Å²) in [5.74, 6) is 2.29. The van der Waals surface area contributed by atoms with Gasteiger partial charge in [-0.25, -0.2) is 4.98 Å². The summed E-state index contributed by atoms with van der Waals surface area (Å²) in [6.45, 7) is 2.79. The molecule has 1 fully saturated rings. The van der Waals surface area contributed by atoms with Gasteiger partial charge in [0.05, 0.1) is 17.9 Å². The van der Waals surface area contributed by atoms with E-state index in [0.717, 1.165) is 24.2 Å². The van der Waals surface area contributed by atoms with E-state index in [4.69, 9.17) is 16.9 Å². The van der Waals surface area contributed by atoms with Gasteiger partial charge in [-0.2, -0.15) is 5.26 Å². The zero-order valence-corrected chi connectivity index (χ0v) is 14.0. The van der Waals surface area contributed by atoms with Crippen LogP contribution in [0.2, 0.25) is 5.15 Å². The van der Waals surface area contributed by atoms with Gasteiger partial charge >= 0.3 is 0 Å². The summed E-state index contributed by atoms with van der Waals surface area (Å²) in [5, 5.41) is 20.6. The van der Waals surface area contributed by atoms with E-state index < -0.39 is 0 Å². The van der Waals surface area contributed by atoms with Gasteiger partial charge in [0.2, 0.25) is 0 Å². The Bertz CT molecular complexity index is 741. The largest absolute Gasteiger partial charge is 0.369 e. The van der Waals surface area contributed by atoms with E-state index in [1.165, 1.54) is 0 Å². The molecule has 23 heavy (non-hydrogen) atoms. The van der Waals surface area contributed by atoms with Gasteiger partial charge in [-0.1, -0.05) is 18.5 Å². The van der Waals surface area contributed by atoms with Crippen LogP contribution in [0.3, 0.4) is 0 Å². The average molecular weight is 331 g/mol. The van der Waals surface area contributed by atoms with Gasteiger partial charge in [0.1, 0.15) is 23.1 Å². The van der Waals surface area contributed by atoms with Crippen LogP contribution in [0.4, 0.5) is 5.82 Å². The van der Waals surface area contributed by atoms with Crippen molar-refractivity contribution in [2.45, 2.75) is 31.6 Å². The standard InChI is InChI=1S/C16H19ClN6/c1-11-8-16(9-11,15-22-20-10-23(15)2)12-6-13(17)21-14(7-12)19-5-3-4-18/h6-7,10-11H,3,5,8-9H2,1-2H3,(H,19,21)/t11-,16+. The van der Waals surface area contributed by atoms with Crippen molar-refractivity contribution in [2.75, 3.05) is 11.9 Å². The summed E-state index contributed by atoms with van der Waals surface area (Å²) in [6.07, 6.45) is 4.18. The fourth-order valence-electron chi connectivity index (χ4n) is 3.50. The highest BCUT2D eigenvalue weighted by atomic mass is 35.5. The Morgan fingerprint density at radius 3 is 2.87 bits per heavy atom. The average Bonchev–Trinajstić information content (AvgIpc) is 2.90. The van der Waals surface area contributed by atoms with Crippen molar-refractivity contribution in [3.05, 3.63) is 35.0 Å². The second kappa shape index (κ2) is 6.17. The molecule has 2 aromatic rings. The molecule has 1 aliphatic carbocycles. The van der Waals surface area contributed by atoms with Crippen molar-refractivity contribution in [3.8, 4) is 6.07 Å². The van der Waals surface area contributed by atoms with Crippen molar-refractivity contribution in [1.82, 2.24) is 19.7 Å². The molecule has 7 heteroatoms. The lowest BCUT2D eigenvalue weighted by Crippen LogP contribution is -2.43. The number of aromatic nitrogens is 4. The van der Waals surface area contributed by atoms with Crippen molar-refractivity contribution < 1.29 is 0 Å². The molecule has 0 bridgehead atoms. The van der Waals surface area contributed by atoms with Crippen LogP contribution in [0, 0.1) is 17.2 Å². The molecule has 0 unspecified atom stereocenters. The molecule has 120 valence electrons. The molecular weight excluding hydrogens is 312 g/mol. The number of halogens is 1. The number of aryl methyl sites for hydroxylation is 1. The van der Waals surface area contributed by atoms with E-state index in [1.807, 2.05) is 23.7 Å². The number of nitrogens with one attached hydrogen (secondary N) is 1. The summed E-state index contributed by atoms with van der Waals surface area (Å²) in [5.41, 5.74) is 0.939. The number of anilines is 1. The fourth-order valence-corrected chi connectivity index (χ4v) is 3.71. The van der Waals surface area contributed by atoms with Gasteiger partial charge in [-0.15, -0.1) is 10.2 Å². The topological polar surface area (TPSA) is 79.4 Å². The highest BCUT2D eigenvalue weighted by Crippen LogP contribution is 2.51. The molecule has 1 saturated carbocycles. The molecule has 0 saturated heterocycles. The van der Waals surface area contributed by atoms with Gasteiger partial charge in [-0.05, 0) is 36.5 Å². The number of hydrogen-bond acceptors (Lipinski definition) is 5. The molecule has 2 aromatic heterocycles. The van der Waals surface area contributed by atoms with Crippen LogP contribution in [-0.2, 0) is 12.5 Å². The van der Waals surface area contributed by atoms with E-state index in [-0.39, 0.29) is 5.41 Å². The maximum atomic E-state index is 8.66. The minimum absolute atomic E-state index is 0.164. The summed E-state index contributed by atoms with van der Waals surface area (Å²) >= 11 is 6.23. The Balaban J connectivity index is 1.98. The fraction of sp³-hybridized carbons (Fsp3) is 0.500. The lowest BCUT2D eigenvalue weighted by molar-refractivity contribution is 0.185. The molecule has 0 atom stereocenters. The van der Waals surface area contributed by atoms with Crippen LogP contribution < -0.4 is 5.32 Å². The Hall–Kier alpha value is -2.13. The van der Waals surface area contributed by atoms with E-state index in [1.54, 1.807) is 6.33 Å². The highest BCUT2D eigenvalue weighted by molar-refractivity contribution is 6.29. The van der Waals surface area contributed by atoms with Crippen molar-refractivity contribution in [3.63, 3.8) is 0 Å². The molecule has 2 heterocycles. The third-order valence-electron chi connectivity index (χ3n) is 4.42. The van der Waals surface area contributed by atoms with Crippen LogP contribution in [0.25, 0.3) is 0 Å². The molecule has 1 aliphatic rings. The van der Waals surface area contributed by atoms with E-state index >= 15 is 0 Å². The van der Waals surface area contributed by atoms with Gasteiger partial charge in [-0.3, -0.25) is 0 Å². The van der Waals surface area contributed by atoms with Gasteiger partial charge in [0.15, 0.2) is 0 Å². The smallest absolute Gasteiger partial charge is 0.143 e.